The van der Waals surface area contributed by atoms with Gasteiger partial charge in [-0.3, -0.25) is 19.0 Å². The second kappa shape index (κ2) is 6.96. The number of carboxylic acids is 1. The van der Waals surface area contributed by atoms with Crippen LogP contribution in [0.3, 0.4) is 0 Å². The van der Waals surface area contributed by atoms with E-state index in [2.05, 4.69) is 10.3 Å². The zero-order valence-corrected chi connectivity index (χ0v) is 13.1. The molecule has 0 aliphatic heterocycles. The van der Waals surface area contributed by atoms with E-state index in [1.54, 1.807) is 54.6 Å². The Bertz CT molecular complexity index is 982. The molecular formula is C18H15N3O4. The first-order valence-corrected chi connectivity index (χ1v) is 7.58. The molecule has 25 heavy (non-hydrogen) atoms. The van der Waals surface area contributed by atoms with Gasteiger partial charge in [0.1, 0.15) is 12.6 Å². The van der Waals surface area contributed by atoms with Crippen LogP contribution in [0.25, 0.3) is 10.9 Å². The third-order valence-electron chi connectivity index (χ3n) is 3.75. The lowest BCUT2D eigenvalue weighted by molar-refractivity contribution is -0.138. The Hall–Kier alpha value is -3.48. The van der Waals surface area contributed by atoms with E-state index in [4.69, 9.17) is 5.11 Å². The Labute approximate surface area is 142 Å². The van der Waals surface area contributed by atoms with Crippen molar-refractivity contribution in [1.82, 2.24) is 14.9 Å². The van der Waals surface area contributed by atoms with Gasteiger partial charge >= 0.3 is 5.97 Å². The zero-order chi connectivity index (χ0) is 17.8. The SMILES string of the molecule is O=C(O)CNC(=O)C(c1ccccc1)n1cnc2ccccc2c1=O. The summed E-state index contributed by atoms with van der Waals surface area (Å²) < 4.78 is 1.22. The van der Waals surface area contributed by atoms with Crippen LogP contribution in [0.2, 0.25) is 0 Å². The molecule has 0 spiro atoms. The molecule has 2 aromatic carbocycles. The fourth-order valence-electron chi connectivity index (χ4n) is 2.60. The van der Waals surface area contributed by atoms with E-state index in [1.165, 1.54) is 10.9 Å². The van der Waals surface area contributed by atoms with Crippen LogP contribution in [0.1, 0.15) is 11.6 Å². The molecule has 1 atom stereocenters. The summed E-state index contributed by atoms with van der Waals surface area (Å²) in [6, 6.07) is 14.5. The van der Waals surface area contributed by atoms with Crippen LogP contribution in [-0.4, -0.2) is 33.1 Å². The average molecular weight is 337 g/mol. The van der Waals surface area contributed by atoms with Crippen LogP contribution in [-0.2, 0) is 9.59 Å². The first kappa shape index (κ1) is 16.4. The van der Waals surface area contributed by atoms with Crippen LogP contribution in [0, 0.1) is 0 Å². The molecule has 1 aromatic heterocycles. The smallest absolute Gasteiger partial charge is 0.322 e. The van der Waals surface area contributed by atoms with E-state index in [0.29, 0.717) is 16.5 Å². The Balaban J connectivity index is 2.12. The molecule has 0 bridgehead atoms. The fourth-order valence-corrected chi connectivity index (χ4v) is 2.60. The first-order chi connectivity index (χ1) is 12.1. The summed E-state index contributed by atoms with van der Waals surface area (Å²) in [6.45, 7) is -0.530. The van der Waals surface area contributed by atoms with Gasteiger partial charge in [-0.1, -0.05) is 42.5 Å². The first-order valence-electron chi connectivity index (χ1n) is 7.58. The molecule has 126 valence electrons. The van der Waals surface area contributed by atoms with Gasteiger partial charge in [-0.05, 0) is 17.7 Å². The standard InChI is InChI=1S/C18H15N3O4/c22-15(23)10-19-17(24)16(12-6-2-1-3-7-12)21-11-20-14-9-5-4-8-13(14)18(21)25/h1-9,11,16H,10H2,(H,19,24)(H,22,23). The Morgan fingerprint density at radius 1 is 1.08 bits per heavy atom. The van der Waals surface area contributed by atoms with Gasteiger partial charge in [0.05, 0.1) is 17.2 Å². The minimum Gasteiger partial charge on any atom is -0.480 e. The number of carboxylic acid groups (broad SMARTS) is 1. The van der Waals surface area contributed by atoms with Gasteiger partial charge in [-0.25, -0.2) is 4.98 Å². The van der Waals surface area contributed by atoms with Crippen molar-refractivity contribution in [3.05, 3.63) is 76.8 Å². The van der Waals surface area contributed by atoms with Crippen molar-refractivity contribution in [3.63, 3.8) is 0 Å². The summed E-state index contributed by atoms with van der Waals surface area (Å²) in [6.07, 6.45) is 1.31. The second-order valence-corrected chi connectivity index (χ2v) is 5.40. The predicted octanol–water partition coefficient (Wildman–Crippen LogP) is 1.19. The quantitative estimate of drug-likeness (QED) is 0.728. The highest BCUT2D eigenvalue weighted by Crippen LogP contribution is 2.18. The number of hydrogen-bond acceptors (Lipinski definition) is 4. The molecule has 3 rings (SSSR count). The maximum absolute atomic E-state index is 12.8. The maximum atomic E-state index is 12.8. The van der Waals surface area contributed by atoms with E-state index in [0.717, 1.165) is 0 Å². The lowest BCUT2D eigenvalue weighted by Crippen LogP contribution is -2.40. The van der Waals surface area contributed by atoms with Crippen molar-refractivity contribution in [2.75, 3.05) is 6.54 Å². The monoisotopic (exact) mass is 337 g/mol. The van der Waals surface area contributed by atoms with Gasteiger partial charge in [0.25, 0.3) is 5.56 Å². The molecule has 0 fully saturated rings. The summed E-state index contributed by atoms with van der Waals surface area (Å²) in [5.41, 5.74) is 0.719. The molecule has 0 aliphatic carbocycles. The number of amides is 1. The molecule has 2 N–H and O–H groups in total. The van der Waals surface area contributed by atoms with Crippen molar-refractivity contribution < 1.29 is 14.7 Å². The molecule has 0 radical (unpaired) electrons. The highest BCUT2D eigenvalue weighted by molar-refractivity contribution is 5.87. The Morgan fingerprint density at radius 3 is 2.48 bits per heavy atom. The van der Waals surface area contributed by atoms with Gasteiger partial charge < -0.3 is 10.4 Å². The fraction of sp³-hybridized carbons (Fsp3) is 0.111. The molecule has 1 amide bonds. The van der Waals surface area contributed by atoms with Gasteiger partial charge in [0, 0.05) is 0 Å². The number of carbonyl (C=O) groups excluding carboxylic acids is 1. The number of nitrogens with one attached hydrogen (secondary N) is 1. The van der Waals surface area contributed by atoms with E-state index < -0.39 is 24.5 Å². The van der Waals surface area contributed by atoms with Crippen LogP contribution in [0.4, 0.5) is 0 Å². The second-order valence-electron chi connectivity index (χ2n) is 5.40. The maximum Gasteiger partial charge on any atom is 0.322 e. The van der Waals surface area contributed by atoms with Crippen molar-refractivity contribution >= 4 is 22.8 Å². The predicted molar refractivity (Wildman–Crippen MR) is 91.2 cm³/mol. The van der Waals surface area contributed by atoms with Gasteiger partial charge in [0.15, 0.2) is 0 Å². The lowest BCUT2D eigenvalue weighted by atomic mass is 10.1. The number of para-hydroxylation sites is 1. The molecule has 7 nitrogen and oxygen atoms in total. The topological polar surface area (TPSA) is 101 Å². The number of hydrogen-bond donors (Lipinski definition) is 2. The lowest BCUT2D eigenvalue weighted by Gasteiger charge is -2.19. The van der Waals surface area contributed by atoms with Crippen LogP contribution < -0.4 is 10.9 Å². The minimum atomic E-state index is -1.16. The zero-order valence-electron chi connectivity index (χ0n) is 13.1. The molecule has 0 saturated heterocycles. The Morgan fingerprint density at radius 2 is 1.76 bits per heavy atom. The summed E-state index contributed by atoms with van der Waals surface area (Å²) in [5, 5.41) is 11.5. The van der Waals surface area contributed by atoms with Crippen molar-refractivity contribution in [1.29, 1.82) is 0 Å². The van der Waals surface area contributed by atoms with E-state index in [-0.39, 0.29) is 5.56 Å². The number of carbonyl (C=O) groups is 2. The van der Waals surface area contributed by atoms with Crippen molar-refractivity contribution in [2.45, 2.75) is 6.04 Å². The average Bonchev–Trinajstić information content (AvgIpc) is 2.63. The summed E-state index contributed by atoms with van der Waals surface area (Å²) in [4.78, 5) is 40.4. The summed E-state index contributed by atoms with van der Waals surface area (Å²) in [5.74, 6) is -1.75. The number of aliphatic carboxylic acids is 1. The third-order valence-corrected chi connectivity index (χ3v) is 3.75. The number of aromatic nitrogens is 2. The number of rotatable bonds is 5. The molecule has 3 aromatic rings. The molecule has 0 saturated carbocycles. The summed E-state index contributed by atoms with van der Waals surface area (Å²) >= 11 is 0. The highest BCUT2D eigenvalue weighted by Gasteiger charge is 2.24. The minimum absolute atomic E-state index is 0.370. The number of fused-ring (bicyclic) bond motifs is 1. The van der Waals surface area contributed by atoms with Crippen molar-refractivity contribution in [3.8, 4) is 0 Å². The van der Waals surface area contributed by atoms with E-state index in [9.17, 15) is 14.4 Å². The van der Waals surface area contributed by atoms with E-state index in [1.807, 2.05) is 0 Å². The largest absolute Gasteiger partial charge is 0.480 e. The molecule has 1 heterocycles. The molecule has 0 aliphatic rings. The van der Waals surface area contributed by atoms with Crippen LogP contribution in [0.15, 0.2) is 65.7 Å². The molecular weight excluding hydrogens is 322 g/mol. The molecule has 7 heteroatoms. The van der Waals surface area contributed by atoms with Crippen LogP contribution >= 0.6 is 0 Å². The summed E-state index contributed by atoms with van der Waals surface area (Å²) in [7, 11) is 0. The third kappa shape index (κ3) is 3.40. The molecule has 1 unspecified atom stereocenters. The number of benzene rings is 2. The van der Waals surface area contributed by atoms with Gasteiger partial charge in [0.2, 0.25) is 5.91 Å². The Kier molecular flexibility index (Phi) is 4.56. The normalized spacial score (nSPS) is 11.8. The van der Waals surface area contributed by atoms with Gasteiger partial charge in [-0.2, -0.15) is 0 Å². The van der Waals surface area contributed by atoms with Crippen LogP contribution in [0.5, 0.6) is 0 Å². The van der Waals surface area contributed by atoms with E-state index >= 15 is 0 Å². The van der Waals surface area contributed by atoms with Crippen molar-refractivity contribution in [2.24, 2.45) is 0 Å². The van der Waals surface area contributed by atoms with Gasteiger partial charge in [-0.15, -0.1) is 0 Å². The number of nitrogens with zero attached hydrogens (tertiary/aromatic N) is 2. The highest BCUT2D eigenvalue weighted by atomic mass is 16.4.